The van der Waals surface area contributed by atoms with Crippen LogP contribution in [-0.4, -0.2) is 47.4 Å². The Hall–Kier alpha value is -2.51. The second kappa shape index (κ2) is 4.80. The van der Waals surface area contributed by atoms with Crippen molar-refractivity contribution in [2.45, 2.75) is 32.4 Å². The highest BCUT2D eigenvalue weighted by Gasteiger charge is 2.26. The molecule has 3 aromatic heterocycles. The molecule has 0 bridgehead atoms. The molecule has 0 saturated carbocycles. The molecule has 21 heavy (non-hydrogen) atoms. The standard InChI is InChI=1S/C13H16N8/c1-10-14-6-8-19(10)9-11-3-2-7-20(11)13-5-4-12-15-17-18-21(12)16-13/h4-6,8,11H,2-3,7,9H2,1H3. The van der Waals surface area contributed by atoms with Crippen molar-refractivity contribution in [2.75, 3.05) is 11.4 Å². The van der Waals surface area contributed by atoms with Crippen LogP contribution in [0, 0.1) is 6.92 Å². The van der Waals surface area contributed by atoms with Crippen LogP contribution in [0.25, 0.3) is 5.65 Å². The van der Waals surface area contributed by atoms with Gasteiger partial charge in [-0.05, 0) is 42.3 Å². The molecule has 0 N–H and O–H groups in total. The summed E-state index contributed by atoms with van der Waals surface area (Å²) in [6.07, 6.45) is 6.21. The molecule has 1 atom stereocenters. The normalized spacial score (nSPS) is 18.7. The number of imidazole rings is 1. The number of nitrogens with zero attached hydrogens (tertiary/aromatic N) is 8. The third kappa shape index (κ3) is 2.12. The van der Waals surface area contributed by atoms with Gasteiger partial charge in [0.25, 0.3) is 0 Å². The van der Waals surface area contributed by atoms with Gasteiger partial charge in [0.2, 0.25) is 0 Å². The summed E-state index contributed by atoms with van der Waals surface area (Å²) in [5.41, 5.74) is 0.667. The molecule has 1 aliphatic heterocycles. The number of hydrogen-bond donors (Lipinski definition) is 0. The summed E-state index contributed by atoms with van der Waals surface area (Å²) in [5.74, 6) is 1.97. The summed E-state index contributed by atoms with van der Waals surface area (Å²) in [6, 6.07) is 4.32. The molecule has 0 spiro atoms. The highest BCUT2D eigenvalue weighted by Crippen LogP contribution is 2.25. The Morgan fingerprint density at radius 3 is 3.14 bits per heavy atom. The van der Waals surface area contributed by atoms with Gasteiger partial charge >= 0.3 is 0 Å². The van der Waals surface area contributed by atoms with Gasteiger partial charge in [-0.15, -0.1) is 14.8 Å². The second-order valence-corrected chi connectivity index (χ2v) is 5.33. The fraction of sp³-hybridized carbons (Fsp3) is 0.462. The maximum Gasteiger partial charge on any atom is 0.200 e. The smallest absolute Gasteiger partial charge is 0.200 e. The van der Waals surface area contributed by atoms with Gasteiger partial charge in [0.05, 0.1) is 0 Å². The minimum absolute atomic E-state index is 0.430. The molecule has 108 valence electrons. The van der Waals surface area contributed by atoms with E-state index in [0.717, 1.165) is 31.2 Å². The predicted molar refractivity (Wildman–Crippen MR) is 75.9 cm³/mol. The molecule has 4 rings (SSSR count). The van der Waals surface area contributed by atoms with Crippen molar-refractivity contribution in [3.05, 3.63) is 30.4 Å². The van der Waals surface area contributed by atoms with Crippen LogP contribution in [0.15, 0.2) is 24.5 Å². The lowest BCUT2D eigenvalue weighted by Gasteiger charge is -2.26. The third-order valence-electron chi connectivity index (χ3n) is 4.06. The van der Waals surface area contributed by atoms with Gasteiger partial charge in [0.15, 0.2) is 11.5 Å². The lowest BCUT2D eigenvalue weighted by molar-refractivity contribution is 0.535. The van der Waals surface area contributed by atoms with Crippen LogP contribution >= 0.6 is 0 Å². The number of rotatable bonds is 3. The molecule has 4 heterocycles. The van der Waals surface area contributed by atoms with E-state index in [-0.39, 0.29) is 0 Å². The molecule has 3 aromatic rings. The lowest BCUT2D eigenvalue weighted by atomic mass is 10.2. The van der Waals surface area contributed by atoms with Crippen LogP contribution in [0.5, 0.6) is 0 Å². The van der Waals surface area contributed by atoms with E-state index in [2.05, 4.69) is 35.1 Å². The summed E-state index contributed by atoms with van der Waals surface area (Å²) in [5, 5.41) is 15.9. The van der Waals surface area contributed by atoms with Crippen molar-refractivity contribution in [3.63, 3.8) is 0 Å². The van der Waals surface area contributed by atoms with Crippen molar-refractivity contribution in [2.24, 2.45) is 0 Å². The summed E-state index contributed by atoms with van der Waals surface area (Å²) in [6.45, 7) is 3.98. The Kier molecular flexibility index (Phi) is 2.80. The van der Waals surface area contributed by atoms with Crippen molar-refractivity contribution in [1.29, 1.82) is 0 Å². The van der Waals surface area contributed by atoms with Gasteiger partial charge in [-0.25, -0.2) is 4.98 Å². The van der Waals surface area contributed by atoms with Crippen molar-refractivity contribution in [1.82, 2.24) is 34.8 Å². The van der Waals surface area contributed by atoms with Gasteiger partial charge in [0, 0.05) is 31.5 Å². The van der Waals surface area contributed by atoms with Gasteiger partial charge in [-0.1, -0.05) is 0 Å². The van der Waals surface area contributed by atoms with Crippen LogP contribution in [-0.2, 0) is 6.54 Å². The number of aryl methyl sites for hydroxylation is 1. The first-order valence-electron chi connectivity index (χ1n) is 7.11. The van der Waals surface area contributed by atoms with E-state index in [1.807, 2.05) is 31.5 Å². The molecule has 8 nitrogen and oxygen atoms in total. The molecule has 1 saturated heterocycles. The predicted octanol–water partition coefficient (Wildman–Crippen LogP) is 0.693. The summed E-state index contributed by atoms with van der Waals surface area (Å²) in [4.78, 5) is 6.62. The number of aromatic nitrogens is 7. The van der Waals surface area contributed by atoms with Gasteiger partial charge in [0.1, 0.15) is 5.82 Å². The monoisotopic (exact) mass is 284 g/mol. The number of hydrogen-bond acceptors (Lipinski definition) is 6. The average molecular weight is 284 g/mol. The van der Waals surface area contributed by atoms with Crippen LogP contribution < -0.4 is 4.90 Å². The highest BCUT2D eigenvalue weighted by atomic mass is 15.6. The highest BCUT2D eigenvalue weighted by molar-refractivity contribution is 5.45. The van der Waals surface area contributed by atoms with Gasteiger partial charge < -0.3 is 9.47 Å². The molecule has 8 heteroatoms. The topological polar surface area (TPSA) is 77.0 Å². The molecule has 0 radical (unpaired) electrons. The van der Waals surface area contributed by atoms with Crippen LogP contribution in [0.2, 0.25) is 0 Å². The zero-order valence-corrected chi connectivity index (χ0v) is 11.8. The molecule has 1 aliphatic rings. The SMILES string of the molecule is Cc1nccn1CC1CCCN1c1ccc2nnnn2n1. The summed E-state index contributed by atoms with van der Waals surface area (Å²) < 4.78 is 3.67. The average Bonchev–Trinajstić information content (AvgIpc) is 3.20. The zero-order chi connectivity index (χ0) is 14.2. The first-order valence-corrected chi connectivity index (χ1v) is 7.11. The lowest BCUT2D eigenvalue weighted by Crippen LogP contribution is -2.34. The molecule has 1 fully saturated rings. The van der Waals surface area contributed by atoms with E-state index in [4.69, 9.17) is 0 Å². The van der Waals surface area contributed by atoms with Crippen LogP contribution in [0.1, 0.15) is 18.7 Å². The Labute approximate surface area is 121 Å². The Balaban J connectivity index is 1.62. The van der Waals surface area contributed by atoms with Crippen molar-refractivity contribution >= 4 is 11.5 Å². The van der Waals surface area contributed by atoms with Crippen molar-refractivity contribution < 1.29 is 0 Å². The molecule has 0 amide bonds. The molecule has 0 aliphatic carbocycles. The van der Waals surface area contributed by atoms with Gasteiger partial charge in [-0.3, -0.25) is 0 Å². The van der Waals surface area contributed by atoms with E-state index in [9.17, 15) is 0 Å². The molecular formula is C13H16N8. The molecular weight excluding hydrogens is 268 g/mol. The Morgan fingerprint density at radius 1 is 1.33 bits per heavy atom. The maximum atomic E-state index is 4.50. The van der Waals surface area contributed by atoms with Crippen molar-refractivity contribution in [3.8, 4) is 0 Å². The first-order chi connectivity index (χ1) is 10.3. The Bertz CT molecular complexity index is 760. The van der Waals surface area contributed by atoms with Crippen LogP contribution in [0.4, 0.5) is 5.82 Å². The molecule has 1 unspecified atom stereocenters. The minimum atomic E-state index is 0.430. The largest absolute Gasteiger partial charge is 0.350 e. The number of fused-ring (bicyclic) bond motifs is 1. The van der Waals surface area contributed by atoms with Gasteiger partial charge in [-0.2, -0.15) is 0 Å². The summed E-state index contributed by atoms with van der Waals surface area (Å²) in [7, 11) is 0. The van der Waals surface area contributed by atoms with E-state index in [1.165, 1.54) is 11.1 Å². The van der Waals surface area contributed by atoms with E-state index in [0.29, 0.717) is 11.7 Å². The Morgan fingerprint density at radius 2 is 2.29 bits per heavy atom. The maximum absolute atomic E-state index is 4.50. The van der Waals surface area contributed by atoms with E-state index < -0.39 is 0 Å². The zero-order valence-electron chi connectivity index (χ0n) is 11.8. The second-order valence-electron chi connectivity index (χ2n) is 5.33. The minimum Gasteiger partial charge on any atom is -0.350 e. The number of anilines is 1. The fourth-order valence-electron chi connectivity index (χ4n) is 2.94. The fourth-order valence-corrected chi connectivity index (χ4v) is 2.94. The molecule has 0 aromatic carbocycles. The van der Waals surface area contributed by atoms with E-state index in [1.54, 1.807) is 0 Å². The summed E-state index contributed by atoms with van der Waals surface area (Å²) >= 11 is 0. The van der Waals surface area contributed by atoms with E-state index >= 15 is 0 Å². The number of tetrazole rings is 1. The quantitative estimate of drug-likeness (QED) is 0.704. The van der Waals surface area contributed by atoms with Crippen LogP contribution in [0.3, 0.4) is 0 Å². The third-order valence-corrected chi connectivity index (χ3v) is 4.06. The first kappa shape index (κ1) is 12.2.